The van der Waals surface area contributed by atoms with Crippen LogP contribution < -0.4 is 27.0 Å². The van der Waals surface area contributed by atoms with E-state index in [1.54, 1.807) is 30.3 Å². The predicted octanol–water partition coefficient (Wildman–Crippen LogP) is 0.555. The van der Waals surface area contributed by atoms with Gasteiger partial charge in [-0.15, -0.1) is 0 Å². The first-order valence-corrected chi connectivity index (χ1v) is 10.1. The minimum absolute atomic E-state index is 0.172. The third-order valence-corrected chi connectivity index (χ3v) is 5.04. The molecule has 10 nitrogen and oxygen atoms in total. The third kappa shape index (κ3) is 5.83. The van der Waals surface area contributed by atoms with Crippen molar-refractivity contribution in [3.63, 3.8) is 0 Å². The summed E-state index contributed by atoms with van der Waals surface area (Å²) in [5, 5.41) is 5.25. The van der Waals surface area contributed by atoms with Gasteiger partial charge in [0.15, 0.2) is 0 Å². The van der Waals surface area contributed by atoms with Gasteiger partial charge in [-0.1, -0.05) is 24.3 Å². The summed E-state index contributed by atoms with van der Waals surface area (Å²) in [5.41, 5.74) is 12.1. The van der Waals surface area contributed by atoms with E-state index < -0.39 is 35.9 Å². The van der Waals surface area contributed by atoms with Crippen LogP contribution in [0.15, 0.2) is 42.5 Å². The molecule has 0 spiro atoms. The molecular weight excluding hydrogens is 433 g/mol. The lowest BCUT2D eigenvalue weighted by molar-refractivity contribution is -0.121. The van der Waals surface area contributed by atoms with Crippen LogP contribution in [0.1, 0.15) is 18.5 Å². The Kier molecular flexibility index (Phi) is 7.23. The highest BCUT2D eigenvalue weighted by Crippen LogP contribution is 2.30. The van der Waals surface area contributed by atoms with E-state index in [0.717, 1.165) is 0 Å². The molecule has 1 fully saturated rings. The molecule has 6 N–H and O–H groups in total. The number of rotatable bonds is 9. The molecule has 2 atom stereocenters. The van der Waals surface area contributed by atoms with E-state index in [0.29, 0.717) is 16.8 Å². The largest absolute Gasteiger partial charge is 0.442 e. The number of halogens is 1. The van der Waals surface area contributed by atoms with E-state index in [1.165, 1.54) is 24.0 Å². The Labute approximate surface area is 189 Å². The number of nitrogens with two attached hydrogens (primary N) is 2. The minimum atomic E-state index is -0.926. The highest BCUT2D eigenvalue weighted by atomic mass is 19.1. The lowest BCUT2D eigenvalue weighted by Gasteiger charge is -2.16. The van der Waals surface area contributed by atoms with Crippen LogP contribution in [0.25, 0.3) is 11.1 Å². The number of nitrogens with zero attached hydrogens (tertiary/aromatic N) is 1. The Hall–Kier alpha value is -3.99. The van der Waals surface area contributed by atoms with Gasteiger partial charge in [0.2, 0.25) is 17.7 Å². The number of hydrogen-bond donors (Lipinski definition) is 4. The average Bonchev–Trinajstić information content (AvgIpc) is 3.13. The smallest absolute Gasteiger partial charge is 0.414 e. The zero-order valence-electron chi connectivity index (χ0n) is 17.8. The fraction of sp³-hybridized carbons (Fsp3) is 0.273. The second kappa shape index (κ2) is 10.1. The van der Waals surface area contributed by atoms with Crippen molar-refractivity contribution in [3.8, 4) is 11.1 Å². The van der Waals surface area contributed by atoms with Crippen LogP contribution in [0.2, 0.25) is 0 Å². The van der Waals surface area contributed by atoms with Crippen molar-refractivity contribution in [2.75, 3.05) is 24.5 Å². The first-order chi connectivity index (χ1) is 15.7. The van der Waals surface area contributed by atoms with Crippen molar-refractivity contribution in [3.05, 3.63) is 53.8 Å². The van der Waals surface area contributed by atoms with Crippen LogP contribution in [0, 0.1) is 5.82 Å². The van der Waals surface area contributed by atoms with E-state index in [-0.39, 0.29) is 31.1 Å². The van der Waals surface area contributed by atoms with Gasteiger partial charge in [0, 0.05) is 12.5 Å². The molecule has 0 aromatic heterocycles. The summed E-state index contributed by atoms with van der Waals surface area (Å²) in [6.45, 7) is 1.49. The van der Waals surface area contributed by atoms with E-state index >= 15 is 0 Å². The van der Waals surface area contributed by atoms with E-state index in [2.05, 4.69) is 10.6 Å². The lowest BCUT2D eigenvalue weighted by atomic mass is 9.99. The van der Waals surface area contributed by atoms with Gasteiger partial charge in [-0.2, -0.15) is 0 Å². The second-order valence-electron chi connectivity index (χ2n) is 7.52. The number of ether oxygens (including phenoxy) is 1. The van der Waals surface area contributed by atoms with Crippen LogP contribution in [0.5, 0.6) is 0 Å². The summed E-state index contributed by atoms with van der Waals surface area (Å²) in [5.74, 6) is -2.12. The maximum Gasteiger partial charge on any atom is 0.414 e. The fourth-order valence-corrected chi connectivity index (χ4v) is 3.44. The van der Waals surface area contributed by atoms with Crippen LogP contribution in [-0.4, -0.2) is 49.6 Å². The Morgan fingerprint density at radius 3 is 2.45 bits per heavy atom. The van der Waals surface area contributed by atoms with Gasteiger partial charge in [0.1, 0.15) is 18.0 Å². The summed E-state index contributed by atoms with van der Waals surface area (Å²) >= 11 is 0. The Bertz CT molecular complexity index is 1080. The van der Waals surface area contributed by atoms with Gasteiger partial charge in [-0.05, 0) is 29.3 Å². The fourth-order valence-electron chi connectivity index (χ4n) is 3.44. The molecule has 3 rings (SSSR count). The monoisotopic (exact) mass is 457 g/mol. The maximum atomic E-state index is 14.9. The van der Waals surface area contributed by atoms with E-state index in [9.17, 15) is 23.6 Å². The molecule has 33 heavy (non-hydrogen) atoms. The van der Waals surface area contributed by atoms with E-state index in [4.69, 9.17) is 16.2 Å². The Balaban J connectivity index is 1.74. The van der Waals surface area contributed by atoms with Crippen molar-refractivity contribution < 1.29 is 28.3 Å². The number of cyclic esters (lactones) is 1. The number of anilines is 1. The van der Waals surface area contributed by atoms with Gasteiger partial charge in [0.05, 0.1) is 25.3 Å². The average molecular weight is 457 g/mol. The van der Waals surface area contributed by atoms with Crippen molar-refractivity contribution in [1.29, 1.82) is 0 Å². The minimum Gasteiger partial charge on any atom is -0.442 e. The van der Waals surface area contributed by atoms with Crippen LogP contribution in [0.4, 0.5) is 14.9 Å². The topological polar surface area (TPSA) is 157 Å². The molecule has 2 aromatic carbocycles. The van der Waals surface area contributed by atoms with Crippen LogP contribution >= 0.6 is 0 Å². The molecule has 0 aliphatic carbocycles. The zero-order valence-corrected chi connectivity index (χ0v) is 17.8. The number of primary amides is 2. The summed E-state index contributed by atoms with van der Waals surface area (Å²) in [6.07, 6.45) is -1.15. The number of nitrogens with one attached hydrogen (secondary N) is 2. The molecule has 0 saturated carbocycles. The molecule has 0 bridgehead atoms. The van der Waals surface area contributed by atoms with Crippen molar-refractivity contribution in [2.24, 2.45) is 11.5 Å². The number of amides is 4. The summed E-state index contributed by atoms with van der Waals surface area (Å²) in [6, 6.07) is 9.84. The molecule has 2 aromatic rings. The molecule has 11 heteroatoms. The molecule has 0 radical (unpaired) electrons. The summed E-state index contributed by atoms with van der Waals surface area (Å²) < 4.78 is 20.1. The third-order valence-electron chi connectivity index (χ3n) is 5.04. The standard InChI is InChI=1S/C22H24FN5O5/c1-12(29)26-9-16-11-28(22(32)33-16)15-6-7-17(18(23)8-15)13-2-4-14(5-3-13)20(21(25)31)27-10-19(24)30/h2-8,16,20,27H,9-11H2,1H3,(H2,24,30)(H2,25,31)(H,26,29)/t16-,20-/m0/s1. The van der Waals surface area contributed by atoms with Gasteiger partial charge in [0.25, 0.3) is 0 Å². The van der Waals surface area contributed by atoms with E-state index in [1.807, 2.05) is 0 Å². The lowest BCUT2D eigenvalue weighted by Crippen LogP contribution is -2.38. The SMILES string of the molecule is CC(=O)NC[C@H]1CN(c2ccc(-c3ccc([C@H](NCC(N)=O)C(N)=O)cc3)c(F)c2)C(=O)O1. The molecule has 174 valence electrons. The second-order valence-corrected chi connectivity index (χ2v) is 7.52. The molecule has 0 unspecified atom stereocenters. The molecule has 4 amide bonds. The van der Waals surface area contributed by atoms with Gasteiger partial charge in [-0.3, -0.25) is 24.6 Å². The van der Waals surface area contributed by atoms with Crippen LogP contribution in [-0.2, 0) is 19.1 Å². The number of hydrogen-bond acceptors (Lipinski definition) is 6. The van der Waals surface area contributed by atoms with Gasteiger partial charge >= 0.3 is 6.09 Å². The van der Waals surface area contributed by atoms with Gasteiger partial charge < -0.3 is 21.5 Å². The molecule has 1 heterocycles. The Morgan fingerprint density at radius 2 is 1.88 bits per heavy atom. The Morgan fingerprint density at radius 1 is 1.18 bits per heavy atom. The molecule has 1 aliphatic rings. The molecule has 1 aliphatic heterocycles. The van der Waals surface area contributed by atoms with Crippen molar-refractivity contribution >= 4 is 29.5 Å². The highest BCUT2D eigenvalue weighted by molar-refractivity contribution is 5.90. The molecular formula is C22H24FN5O5. The normalized spacial score (nSPS) is 16.2. The quantitative estimate of drug-likeness (QED) is 0.431. The van der Waals surface area contributed by atoms with Crippen LogP contribution in [0.3, 0.4) is 0 Å². The summed E-state index contributed by atoms with van der Waals surface area (Å²) in [7, 11) is 0. The summed E-state index contributed by atoms with van der Waals surface area (Å²) in [4.78, 5) is 47.1. The molecule has 1 saturated heterocycles. The first-order valence-electron chi connectivity index (χ1n) is 10.1. The number of benzene rings is 2. The highest BCUT2D eigenvalue weighted by Gasteiger charge is 2.32. The van der Waals surface area contributed by atoms with Crippen molar-refractivity contribution in [1.82, 2.24) is 10.6 Å². The first kappa shape index (κ1) is 23.7. The zero-order chi connectivity index (χ0) is 24.1. The van der Waals surface area contributed by atoms with Crippen molar-refractivity contribution in [2.45, 2.75) is 19.1 Å². The number of carbonyl (C=O) groups excluding carboxylic acids is 4. The predicted molar refractivity (Wildman–Crippen MR) is 117 cm³/mol. The number of carbonyl (C=O) groups is 4. The van der Waals surface area contributed by atoms with Gasteiger partial charge in [-0.25, -0.2) is 9.18 Å². The maximum absolute atomic E-state index is 14.9.